The van der Waals surface area contributed by atoms with E-state index in [1.165, 1.54) is 30.3 Å². The van der Waals surface area contributed by atoms with Crippen molar-refractivity contribution in [2.45, 2.75) is 60.1 Å². The summed E-state index contributed by atoms with van der Waals surface area (Å²) in [5, 5.41) is 0. The quantitative estimate of drug-likeness (QED) is 0.0649. The van der Waals surface area contributed by atoms with Gasteiger partial charge in [0.25, 0.3) is 30.4 Å². The standard InChI is InChI=1S/C39H42N2O9S3/c1-3-5-27-40(33-19-23-35(24-20-33)51(42,43)44)31-15-11-29(12-16-31)39(37-9-7-8-10-38(37)53(48,49)50)30-13-17-32(18-14-30)41(28-6-4-2)34-21-25-36(26-22-34)52(45,46)47/h7-26,39H,3-6,27-28H2,1-2H3,(H,42,43,44)(H,45,46,47)(H,48,49,50). The van der Waals surface area contributed by atoms with Crippen LogP contribution < -0.4 is 9.80 Å². The van der Waals surface area contributed by atoms with Gasteiger partial charge < -0.3 is 9.80 Å². The molecule has 0 unspecified atom stereocenters. The van der Waals surface area contributed by atoms with Crippen LogP contribution in [0.4, 0.5) is 22.7 Å². The number of anilines is 4. The first kappa shape index (κ1) is 39.6. The summed E-state index contributed by atoms with van der Waals surface area (Å²) in [7, 11) is -13.3. The Kier molecular flexibility index (Phi) is 12.4. The predicted octanol–water partition coefficient (Wildman–Crippen LogP) is 8.48. The highest BCUT2D eigenvalue weighted by atomic mass is 32.2. The van der Waals surface area contributed by atoms with Crippen LogP contribution in [0, 0.1) is 0 Å². The van der Waals surface area contributed by atoms with Gasteiger partial charge in [0.15, 0.2) is 0 Å². The van der Waals surface area contributed by atoms with Gasteiger partial charge in [0.05, 0.1) is 14.7 Å². The molecule has 0 bridgehead atoms. The van der Waals surface area contributed by atoms with Crippen LogP contribution in [0.5, 0.6) is 0 Å². The van der Waals surface area contributed by atoms with Gasteiger partial charge >= 0.3 is 0 Å². The molecule has 0 radical (unpaired) electrons. The van der Waals surface area contributed by atoms with Crippen LogP contribution in [0.2, 0.25) is 0 Å². The van der Waals surface area contributed by atoms with Crippen LogP contribution in [0.15, 0.2) is 136 Å². The van der Waals surface area contributed by atoms with Crippen molar-refractivity contribution in [3.8, 4) is 0 Å². The van der Waals surface area contributed by atoms with E-state index in [4.69, 9.17) is 0 Å². The van der Waals surface area contributed by atoms with Crippen molar-refractivity contribution in [3.63, 3.8) is 0 Å². The van der Waals surface area contributed by atoms with Crippen molar-refractivity contribution in [3.05, 3.63) is 138 Å². The average Bonchev–Trinajstić information content (AvgIpc) is 3.13. The van der Waals surface area contributed by atoms with Crippen molar-refractivity contribution in [1.29, 1.82) is 0 Å². The lowest BCUT2D eigenvalue weighted by Gasteiger charge is -2.27. The monoisotopic (exact) mass is 778 g/mol. The Morgan fingerprint density at radius 1 is 0.472 bits per heavy atom. The van der Waals surface area contributed by atoms with E-state index in [1.807, 2.05) is 58.3 Å². The molecule has 0 fully saturated rings. The van der Waals surface area contributed by atoms with Crippen molar-refractivity contribution < 1.29 is 38.9 Å². The Morgan fingerprint density at radius 3 is 1.13 bits per heavy atom. The smallest absolute Gasteiger partial charge is 0.294 e. The van der Waals surface area contributed by atoms with E-state index in [-0.39, 0.29) is 14.7 Å². The zero-order valence-corrected chi connectivity index (χ0v) is 31.7. The summed E-state index contributed by atoms with van der Waals surface area (Å²) < 4.78 is 101. The molecule has 0 aliphatic heterocycles. The van der Waals surface area contributed by atoms with Crippen molar-refractivity contribution in [1.82, 2.24) is 0 Å². The fourth-order valence-corrected chi connectivity index (χ4v) is 7.94. The van der Waals surface area contributed by atoms with E-state index in [1.54, 1.807) is 42.5 Å². The van der Waals surface area contributed by atoms with E-state index in [2.05, 4.69) is 13.8 Å². The number of rotatable bonds is 16. The van der Waals surface area contributed by atoms with E-state index in [0.717, 1.165) is 59.6 Å². The number of unbranched alkanes of at least 4 members (excludes halogenated alkanes) is 2. The molecule has 0 saturated carbocycles. The van der Waals surface area contributed by atoms with E-state index in [9.17, 15) is 38.9 Å². The van der Waals surface area contributed by atoms with Gasteiger partial charge in [0.1, 0.15) is 0 Å². The summed E-state index contributed by atoms with van der Waals surface area (Å²) in [5.74, 6) is -0.618. The minimum absolute atomic E-state index is 0.207. The molecule has 0 amide bonds. The van der Waals surface area contributed by atoms with Crippen molar-refractivity contribution in [2.24, 2.45) is 0 Å². The molecule has 0 saturated heterocycles. The van der Waals surface area contributed by atoms with Gasteiger partial charge in [-0.3, -0.25) is 13.7 Å². The van der Waals surface area contributed by atoms with Crippen LogP contribution in [0.1, 0.15) is 62.1 Å². The third-order valence-corrected chi connectivity index (χ3v) is 11.6. The maximum absolute atomic E-state index is 12.6. The lowest BCUT2D eigenvalue weighted by atomic mass is 9.85. The molecular weight excluding hydrogens is 737 g/mol. The topological polar surface area (TPSA) is 170 Å². The molecule has 53 heavy (non-hydrogen) atoms. The Balaban J connectivity index is 1.57. The predicted molar refractivity (Wildman–Crippen MR) is 206 cm³/mol. The molecule has 3 N–H and O–H groups in total. The van der Waals surface area contributed by atoms with Crippen LogP contribution in [0.25, 0.3) is 0 Å². The van der Waals surface area contributed by atoms with E-state index in [0.29, 0.717) is 18.7 Å². The van der Waals surface area contributed by atoms with E-state index < -0.39 is 36.3 Å². The van der Waals surface area contributed by atoms with Crippen LogP contribution in [-0.4, -0.2) is 52.0 Å². The average molecular weight is 779 g/mol. The van der Waals surface area contributed by atoms with Crippen LogP contribution in [-0.2, 0) is 30.4 Å². The maximum atomic E-state index is 12.6. The van der Waals surface area contributed by atoms with E-state index >= 15 is 0 Å². The second kappa shape index (κ2) is 16.6. The Labute approximate surface area is 311 Å². The molecule has 0 aliphatic carbocycles. The first-order valence-electron chi connectivity index (χ1n) is 17.1. The molecule has 0 heterocycles. The maximum Gasteiger partial charge on any atom is 0.294 e. The summed E-state index contributed by atoms with van der Waals surface area (Å²) in [6.07, 6.45) is 3.51. The molecule has 280 valence electrons. The molecule has 0 atom stereocenters. The third kappa shape index (κ3) is 9.71. The fourth-order valence-electron chi connectivity index (χ4n) is 6.24. The molecular formula is C39H42N2O9S3. The highest BCUT2D eigenvalue weighted by Crippen LogP contribution is 2.39. The zero-order valence-electron chi connectivity index (χ0n) is 29.3. The summed E-state index contributed by atoms with van der Waals surface area (Å²) >= 11 is 0. The first-order valence-corrected chi connectivity index (χ1v) is 21.4. The fraction of sp³-hybridized carbons (Fsp3) is 0.231. The van der Waals surface area contributed by atoms with Gasteiger partial charge in [-0.05, 0) is 108 Å². The second-order valence-corrected chi connectivity index (χ2v) is 16.8. The third-order valence-electron chi connectivity index (χ3n) is 8.95. The van der Waals surface area contributed by atoms with Gasteiger partial charge in [-0.25, -0.2) is 0 Å². The minimum atomic E-state index is -4.60. The number of hydrogen-bond acceptors (Lipinski definition) is 8. The highest BCUT2D eigenvalue weighted by molar-refractivity contribution is 7.86. The van der Waals surface area contributed by atoms with Crippen LogP contribution in [0.3, 0.4) is 0 Å². The minimum Gasteiger partial charge on any atom is -0.341 e. The summed E-state index contributed by atoms with van der Waals surface area (Å²) in [5.41, 5.74) is 4.95. The lowest BCUT2D eigenvalue weighted by molar-refractivity contribution is 0.480. The molecule has 11 nitrogen and oxygen atoms in total. The normalized spacial score (nSPS) is 12.2. The van der Waals surface area contributed by atoms with Crippen molar-refractivity contribution >= 4 is 53.1 Å². The summed E-state index contributed by atoms with van der Waals surface area (Å²) in [6.45, 7) is 5.39. The van der Waals surface area contributed by atoms with Gasteiger partial charge in [-0.15, -0.1) is 0 Å². The molecule has 5 aromatic carbocycles. The Hall–Kier alpha value is -4.57. The number of benzene rings is 5. The SMILES string of the molecule is CCCCN(c1ccc(C(c2ccc(N(CCCC)c3ccc(S(=O)(=O)O)cc3)cc2)c2ccccc2S(=O)(=O)O)cc1)c1ccc(S(=O)(=O)O)cc1. The molecule has 0 aromatic heterocycles. The Bertz CT molecular complexity index is 2200. The number of hydrogen-bond donors (Lipinski definition) is 3. The van der Waals surface area contributed by atoms with Gasteiger partial charge in [-0.1, -0.05) is 69.2 Å². The molecule has 14 heteroatoms. The second-order valence-electron chi connectivity index (χ2n) is 12.6. The molecule has 0 spiro atoms. The summed E-state index contributed by atoms with van der Waals surface area (Å²) in [6, 6.07) is 33.4. The highest BCUT2D eigenvalue weighted by Gasteiger charge is 2.26. The van der Waals surface area contributed by atoms with Gasteiger partial charge in [0.2, 0.25) is 0 Å². The zero-order chi connectivity index (χ0) is 38.4. The molecule has 5 aromatic rings. The first-order chi connectivity index (χ1) is 25.1. The van der Waals surface area contributed by atoms with Gasteiger partial charge in [0, 0.05) is 41.8 Å². The molecule has 0 aliphatic rings. The van der Waals surface area contributed by atoms with Crippen molar-refractivity contribution in [2.75, 3.05) is 22.9 Å². The lowest BCUT2D eigenvalue weighted by Crippen LogP contribution is -2.19. The number of nitrogens with zero attached hydrogens (tertiary/aromatic N) is 2. The molecule has 5 rings (SSSR count). The largest absolute Gasteiger partial charge is 0.341 e. The summed E-state index contributed by atoms with van der Waals surface area (Å²) in [4.78, 5) is 3.43. The van der Waals surface area contributed by atoms with Gasteiger partial charge in [-0.2, -0.15) is 25.3 Å². The Morgan fingerprint density at radius 2 is 0.811 bits per heavy atom. The van der Waals surface area contributed by atoms with Crippen LogP contribution >= 0.6 is 0 Å².